The van der Waals surface area contributed by atoms with Gasteiger partial charge in [-0.05, 0) is 42.3 Å². The zero-order valence-electron chi connectivity index (χ0n) is 14.3. The van der Waals surface area contributed by atoms with Crippen molar-refractivity contribution in [2.24, 2.45) is 5.92 Å². The van der Waals surface area contributed by atoms with Crippen molar-refractivity contribution in [1.29, 1.82) is 0 Å². The molecule has 128 valence electrons. The third-order valence-electron chi connectivity index (χ3n) is 3.34. The molecule has 1 heterocycles. The smallest absolute Gasteiger partial charge is 0.249 e. The molecule has 0 aliphatic heterocycles. The van der Waals surface area contributed by atoms with Gasteiger partial charge in [0.25, 0.3) is 0 Å². The van der Waals surface area contributed by atoms with Gasteiger partial charge in [0.15, 0.2) is 5.82 Å². The van der Waals surface area contributed by atoms with Crippen molar-refractivity contribution in [2.75, 3.05) is 17.2 Å². The van der Waals surface area contributed by atoms with Gasteiger partial charge < -0.3 is 15.4 Å². The van der Waals surface area contributed by atoms with E-state index >= 15 is 0 Å². The van der Waals surface area contributed by atoms with Gasteiger partial charge in [-0.25, -0.2) is 0 Å². The molecule has 0 bridgehead atoms. The van der Waals surface area contributed by atoms with Gasteiger partial charge in [0.2, 0.25) is 5.95 Å². The third kappa shape index (κ3) is 5.17. The summed E-state index contributed by atoms with van der Waals surface area (Å²) in [7, 11) is 0. The van der Waals surface area contributed by atoms with Crippen LogP contribution in [-0.2, 0) is 0 Å². The number of hydrogen-bond donors (Lipinski definition) is 2. The predicted octanol–water partition coefficient (Wildman–Crippen LogP) is 4.48. The number of anilines is 3. The van der Waals surface area contributed by atoms with Crippen LogP contribution >= 0.6 is 0 Å². The van der Waals surface area contributed by atoms with Crippen molar-refractivity contribution in [3.05, 3.63) is 60.8 Å². The molecule has 0 saturated heterocycles. The van der Waals surface area contributed by atoms with Crippen molar-refractivity contribution in [2.45, 2.75) is 13.8 Å². The molecule has 0 amide bonds. The Morgan fingerprint density at radius 3 is 2.40 bits per heavy atom. The second-order valence-electron chi connectivity index (χ2n) is 6.00. The maximum Gasteiger partial charge on any atom is 0.249 e. The van der Waals surface area contributed by atoms with Gasteiger partial charge in [-0.15, -0.1) is 5.10 Å². The summed E-state index contributed by atoms with van der Waals surface area (Å²) in [4.78, 5) is 4.40. The molecule has 0 saturated carbocycles. The Balaban J connectivity index is 1.62. The monoisotopic (exact) mass is 335 g/mol. The zero-order chi connectivity index (χ0) is 17.5. The van der Waals surface area contributed by atoms with Crippen LogP contribution in [0.2, 0.25) is 0 Å². The van der Waals surface area contributed by atoms with Gasteiger partial charge in [-0.3, -0.25) is 0 Å². The summed E-state index contributed by atoms with van der Waals surface area (Å²) < 4.78 is 5.78. The summed E-state index contributed by atoms with van der Waals surface area (Å²) >= 11 is 0. The Hall–Kier alpha value is -3.15. The van der Waals surface area contributed by atoms with E-state index in [-0.39, 0.29) is 0 Å². The van der Waals surface area contributed by atoms with Crippen LogP contribution in [-0.4, -0.2) is 21.7 Å². The molecule has 1 aromatic heterocycles. The summed E-state index contributed by atoms with van der Waals surface area (Å²) in [6.07, 6.45) is 1.62. The maximum atomic E-state index is 5.78. The third-order valence-corrected chi connectivity index (χ3v) is 3.34. The van der Waals surface area contributed by atoms with E-state index in [2.05, 4.69) is 39.7 Å². The molecule has 0 spiro atoms. The molecule has 2 N–H and O–H groups in total. The molecular weight excluding hydrogens is 314 g/mol. The quantitative estimate of drug-likeness (QED) is 0.663. The zero-order valence-corrected chi connectivity index (χ0v) is 14.3. The lowest BCUT2D eigenvalue weighted by Gasteiger charge is -2.10. The number of para-hydroxylation sites is 1. The summed E-state index contributed by atoms with van der Waals surface area (Å²) in [5.41, 5.74) is 0.864. The van der Waals surface area contributed by atoms with Gasteiger partial charge in [-0.1, -0.05) is 32.0 Å². The van der Waals surface area contributed by atoms with E-state index in [0.717, 1.165) is 23.7 Å². The van der Waals surface area contributed by atoms with Crippen LogP contribution < -0.4 is 15.4 Å². The summed E-state index contributed by atoms with van der Waals surface area (Å²) in [5, 5.41) is 14.4. The largest absolute Gasteiger partial charge is 0.457 e. The molecule has 0 atom stereocenters. The van der Waals surface area contributed by atoms with Crippen LogP contribution in [0, 0.1) is 5.92 Å². The minimum atomic E-state index is 0.450. The molecule has 3 rings (SSSR count). The average Bonchev–Trinajstić information content (AvgIpc) is 2.63. The van der Waals surface area contributed by atoms with E-state index in [9.17, 15) is 0 Å². The molecule has 25 heavy (non-hydrogen) atoms. The van der Waals surface area contributed by atoms with Crippen LogP contribution in [0.5, 0.6) is 11.5 Å². The average molecular weight is 335 g/mol. The van der Waals surface area contributed by atoms with Gasteiger partial charge in [-0.2, -0.15) is 10.1 Å². The molecule has 0 fully saturated rings. The number of hydrogen-bond acceptors (Lipinski definition) is 6. The second-order valence-corrected chi connectivity index (χ2v) is 6.00. The van der Waals surface area contributed by atoms with Gasteiger partial charge in [0.1, 0.15) is 11.5 Å². The van der Waals surface area contributed by atoms with E-state index in [1.54, 1.807) is 6.20 Å². The fraction of sp³-hybridized carbons (Fsp3) is 0.211. The van der Waals surface area contributed by atoms with Gasteiger partial charge >= 0.3 is 0 Å². The lowest BCUT2D eigenvalue weighted by Crippen LogP contribution is -2.10. The standard InChI is InChI=1S/C19H21N5O/c1-14(2)12-20-18-13-21-24-19(23-18)22-15-8-10-17(11-9-15)25-16-6-4-3-5-7-16/h3-11,13-14H,12H2,1-2H3,(H2,20,22,23,24). The molecular formula is C19H21N5O. The lowest BCUT2D eigenvalue weighted by molar-refractivity contribution is 0.483. The number of rotatable bonds is 7. The van der Waals surface area contributed by atoms with Crippen LogP contribution in [0.25, 0.3) is 0 Å². The SMILES string of the molecule is CC(C)CNc1cnnc(Nc2ccc(Oc3ccccc3)cc2)n1. The molecule has 0 aliphatic carbocycles. The van der Waals surface area contributed by atoms with E-state index in [4.69, 9.17) is 4.74 Å². The fourth-order valence-corrected chi connectivity index (χ4v) is 2.11. The van der Waals surface area contributed by atoms with E-state index in [0.29, 0.717) is 17.7 Å². The summed E-state index contributed by atoms with van der Waals surface area (Å²) in [6.45, 7) is 5.11. The van der Waals surface area contributed by atoms with Crippen LogP contribution in [0.4, 0.5) is 17.5 Å². The first-order valence-electron chi connectivity index (χ1n) is 8.22. The Morgan fingerprint density at radius 2 is 1.68 bits per heavy atom. The molecule has 6 heteroatoms. The van der Waals surface area contributed by atoms with Crippen molar-refractivity contribution in [3.8, 4) is 11.5 Å². The first-order chi connectivity index (χ1) is 12.2. The van der Waals surface area contributed by atoms with E-state index in [1.165, 1.54) is 0 Å². The molecule has 0 unspecified atom stereocenters. The maximum absolute atomic E-state index is 5.78. The first-order valence-corrected chi connectivity index (χ1v) is 8.22. The van der Waals surface area contributed by atoms with Crippen LogP contribution in [0.3, 0.4) is 0 Å². The first kappa shape index (κ1) is 16.7. The molecule has 0 aliphatic rings. The second kappa shape index (κ2) is 8.10. The van der Waals surface area contributed by atoms with Gasteiger partial charge in [0, 0.05) is 12.2 Å². The van der Waals surface area contributed by atoms with E-state index < -0.39 is 0 Å². The minimum Gasteiger partial charge on any atom is -0.457 e. The summed E-state index contributed by atoms with van der Waals surface area (Å²) in [5.74, 6) is 3.26. The number of nitrogens with zero attached hydrogens (tertiary/aromatic N) is 3. The van der Waals surface area contributed by atoms with Gasteiger partial charge in [0.05, 0.1) is 6.20 Å². The van der Waals surface area contributed by atoms with Crippen LogP contribution in [0.15, 0.2) is 60.8 Å². The number of benzene rings is 2. The molecule has 0 radical (unpaired) electrons. The highest BCUT2D eigenvalue weighted by atomic mass is 16.5. The molecule has 2 aromatic carbocycles. The molecule has 3 aromatic rings. The Labute approximate surface area is 147 Å². The molecule has 6 nitrogen and oxygen atoms in total. The Bertz CT molecular complexity index is 790. The Morgan fingerprint density at radius 1 is 0.960 bits per heavy atom. The van der Waals surface area contributed by atoms with Crippen molar-refractivity contribution in [1.82, 2.24) is 15.2 Å². The topological polar surface area (TPSA) is 72.0 Å². The lowest BCUT2D eigenvalue weighted by atomic mass is 10.2. The normalized spacial score (nSPS) is 10.5. The highest BCUT2D eigenvalue weighted by Gasteiger charge is 2.03. The highest BCUT2D eigenvalue weighted by Crippen LogP contribution is 2.23. The minimum absolute atomic E-state index is 0.450. The van der Waals surface area contributed by atoms with E-state index in [1.807, 2.05) is 54.6 Å². The summed E-state index contributed by atoms with van der Waals surface area (Å²) in [6, 6.07) is 17.3. The van der Waals surface area contributed by atoms with Crippen molar-refractivity contribution < 1.29 is 4.74 Å². The fourth-order valence-electron chi connectivity index (χ4n) is 2.11. The van der Waals surface area contributed by atoms with Crippen LogP contribution in [0.1, 0.15) is 13.8 Å². The van der Waals surface area contributed by atoms with Crippen molar-refractivity contribution >= 4 is 17.5 Å². The number of nitrogens with one attached hydrogen (secondary N) is 2. The number of ether oxygens (including phenoxy) is 1. The van der Waals surface area contributed by atoms with Crippen molar-refractivity contribution in [3.63, 3.8) is 0 Å². The Kier molecular flexibility index (Phi) is 5.41. The predicted molar refractivity (Wildman–Crippen MR) is 99.4 cm³/mol. The number of aromatic nitrogens is 3. The highest BCUT2D eigenvalue weighted by molar-refractivity contribution is 5.55.